The number of hydrogen-bond acceptors (Lipinski definition) is 7. The highest BCUT2D eigenvalue weighted by Crippen LogP contribution is 2.42. The van der Waals surface area contributed by atoms with Crippen molar-refractivity contribution in [2.24, 2.45) is 0 Å². The fraction of sp³-hybridized carbons (Fsp3) is 0.381. The van der Waals surface area contributed by atoms with E-state index in [0.717, 1.165) is 12.6 Å². The van der Waals surface area contributed by atoms with Crippen LogP contribution in [-0.2, 0) is 0 Å². The van der Waals surface area contributed by atoms with Crippen LogP contribution in [0.2, 0.25) is 0 Å². The fourth-order valence-electron chi connectivity index (χ4n) is 4.11. The smallest absolute Gasteiger partial charge is 0.197 e. The number of likely N-dealkylation sites (tertiary alicyclic amines) is 1. The summed E-state index contributed by atoms with van der Waals surface area (Å²) in [5, 5.41) is 31.4. The van der Waals surface area contributed by atoms with Crippen LogP contribution in [-0.4, -0.2) is 46.5 Å². The van der Waals surface area contributed by atoms with E-state index in [2.05, 4.69) is 0 Å². The Kier molecular flexibility index (Phi) is 4.44. The highest BCUT2D eigenvalue weighted by atomic mass is 16.4. The number of nitrogens with zero attached hydrogens (tertiary/aromatic N) is 1. The number of likely N-dealkylation sites (N-methyl/N-ethyl adjacent to an activating group) is 1. The second-order valence-electron chi connectivity index (χ2n) is 7.56. The maximum absolute atomic E-state index is 12.8. The molecule has 28 heavy (non-hydrogen) atoms. The molecule has 3 heterocycles. The van der Waals surface area contributed by atoms with Crippen LogP contribution < -0.4 is 5.43 Å². The first-order valence-electron chi connectivity index (χ1n) is 9.23. The van der Waals surface area contributed by atoms with Gasteiger partial charge in [0.2, 0.25) is 0 Å². The quantitative estimate of drug-likeness (QED) is 0.623. The molecule has 0 bridgehead atoms. The standard InChI is InChI=1S/C21H23NO6/c1-10-6-13(11(2)27-10)18-8-16(25)20-15(24)7-14(23)19(21(20)28-18)12-4-5-22(3)9-17(12)26/h6-8,12,17,23-24,26H,4-5,9H2,1-3H3/t12-,17+/m0/s1. The number of benzene rings is 1. The van der Waals surface area contributed by atoms with Crippen LogP contribution in [0.3, 0.4) is 0 Å². The molecule has 0 aliphatic carbocycles. The van der Waals surface area contributed by atoms with Gasteiger partial charge in [-0.25, -0.2) is 0 Å². The Hall–Kier alpha value is -2.77. The van der Waals surface area contributed by atoms with E-state index in [4.69, 9.17) is 8.83 Å². The second-order valence-corrected chi connectivity index (χ2v) is 7.56. The lowest BCUT2D eigenvalue weighted by molar-refractivity contribution is 0.0630. The Morgan fingerprint density at radius 1 is 1.11 bits per heavy atom. The molecule has 3 N–H and O–H groups in total. The molecule has 1 saturated heterocycles. The number of phenols is 2. The van der Waals surface area contributed by atoms with Crippen molar-refractivity contribution in [2.45, 2.75) is 32.3 Å². The van der Waals surface area contributed by atoms with Gasteiger partial charge in [-0.15, -0.1) is 0 Å². The van der Waals surface area contributed by atoms with Crippen LogP contribution in [0.5, 0.6) is 11.5 Å². The SMILES string of the molecule is Cc1cc(-c2cc(=O)c3c(O)cc(O)c([C@H]4CCN(C)C[C@H]4O)c3o2)c(C)o1. The van der Waals surface area contributed by atoms with Crippen LogP contribution in [0.1, 0.15) is 29.4 Å². The molecule has 0 radical (unpaired) electrons. The number of aromatic hydroxyl groups is 2. The molecule has 1 aliphatic rings. The monoisotopic (exact) mass is 385 g/mol. The minimum absolute atomic E-state index is 0.000507. The average Bonchev–Trinajstić information content (AvgIpc) is 2.94. The van der Waals surface area contributed by atoms with Crippen molar-refractivity contribution in [1.29, 1.82) is 0 Å². The third-order valence-electron chi connectivity index (χ3n) is 5.46. The third kappa shape index (κ3) is 2.96. The molecule has 1 aliphatic heterocycles. The largest absolute Gasteiger partial charge is 0.507 e. The van der Waals surface area contributed by atoms with E-state index >= 15 is 0 Å². The zero-order chi connectivity index (χ0) is 20.2. The summed E-state index contributed by atoms with van der Waals surface area (Å²) in [7, 11) is 1.91. The summed E-state index contributed by atoms with van der Waals surface area (Å²) in [6, 6.07) is 4.23. The molecule has 1 aromatic carbocycles. The molecule has 3 aromatic rings. The van der Waals surface area contributed by atoms with E-state index in [1.165, 1.54) is 6.07 Å². The number of aryl methyl sites for hydroxylation is 2. The summed E-state index contributed by atoms with van der Waals surface area (Å²) in [5.74, 6) is 0.619. The molecular formula is C21H23NO6. The van der Waals surface area contributed by atoms with Gasteiger partial charge in [-0.1, -0.05) is 0 Å². The maximum Gasteiger partial charge on any atom is 0.197 e. The lowest BCUT2D eigenvalue weighted by atomic mass is 9.85. The molecule has 2 atom stereocenters. The van der Waals surface area contributed by atoms with Gasteiger partial charge in [0.05, 0.1) is 11.7 Å². The molecule has 1 fully saturated rings. The lowest BCUT2D eigenvalue weighted by Crippen LogP contribution is -2.40. The maximum atomic E-state index is 12.8. The molecule has 0 unspecified atom stereocenters. The first-order valence-corrected chi connectivity index (χ1v) is 9.23. The van der Waals surface area contributed by atoms with E-state index in [-0.39, 0.29) is 22.5 Å². The summed E-state index contributed by atoms with van der Waals surface area (Å²) in [5.41, 5.74) is 0.668. The normalized spacial score (nSPS) is 20.7. The van der Waals surface area contributed by atoms with Gasteiger partial charge >= 0.3 is 0 Å². The first-order chi connectivity index (χ1) is 13.3. The van der Waals surface area contributed by atoms with E-state index in [0.29, 0.717) is 41.4 Å². The Balaban J connectivity index is 1.99. The molecule has 148 valence electrons. The van der Waals surface area contributed by atoms with E-state index in [1.807, 2.05) is 11.9 Å². The minimum atomic E-state index is -0.732. The molecule has 0 spiro atoms. The van der Waals surface area contributed by atoms with Gasteiger partial charge in [-0.3, -0.25) is 4.79 Å². The Labute approximate surface area is 161 Å². The molecule has 2 aromatic heterocycles. The number of furan rings is 1. The van der Waals surface area contributed by atoms with Crippen LogP contribution >= 0.6 is 0 Å². The zero-order valence-electron chi connectivity index (χ0n) is 16.0. The van der Waals surface area contributed by atoms with Crippen LogP contribution in [0.25, 0.3) is 22.3 Å². The number of rotatable bonds is 2. The Bertz CT molecular complexity index is 1110. The van der Waals surface area contributed by atoms with E-state index < -0.39 is 17.5 Å². The molecule has 4 rings (SSSR count). The summed E-state index contributed by atoms with van der Waals surface area (Å²) in [4.78, 5) is 14.8. The van der Waals surface area contributed by atoms with Crippen molar-refractivity contribution in [3.8, 4) is 22.8 Å². The Morgan fingerprint density at radius 2 is 1.86 bits per heavy atom. The predicted octanol–water partition coefficient (Wildman–Crippen LogP) is 2.86. The highest BCUT2D eigenvalue weighted by Gasteiger charge is 2.33. The number of phenolic OH excluding ortho intramolecular Hbond substituents is 2. The van der Waals surface area contributed by atoms with E-state index in [9.17, 15) is 20.1 Å². The lowest BCUT2D eigenvalue weighted by Gasteiger charge is -2.34. The summed E-state index contributed by atoms with van der Waals surface area (Å²) in [6.07, 6.45) is -0.146. The van der Waals surface area contributed by atoms with Crippen molar-refractivity contribution in [3.63, 3.8) is 0 Å². The fourth-order valence-corrected chi connectivity index (χ4v) is 4.11. The minimum Gasteiger partial charge on any atom is -0.507 e. The van der Waals surface area contributed by atoms with Gasteiger partial charge in [0, 0.05) is 30.2 Å². The zero-order valence-corrected chi connectivity index (χ0v) is 16.0. The molecular weight excluding hydrogens is 362 g/mol. The summed E-state index contributed by atoms with van der Waals surface area (Å²) >= 11 is 0. The number of β-amino-alcohol motifs (C(OH)–C–C–N with tert-alkyl or cyclic N) is 1. The number of fused-ring (bicyclic) bond motifs is 1. The van der Waals surface area contributed by atoms with Crippen LogP contribution in [0, 0.1) is 13.8 Å². The number of aliphatic hydroxyl groups is 1. The van der Waals surface area contributed by atoms with Gasteiger partial charge in [-0.2, -0.15) is 0 Å². The van der Waals surface area contributed by atoms with Crippen molar-refractivity contribution >= 4 is 11.0 Å². The summed E-state index contributed by atoms with van der Waals surface area (Å²) in [6.45, 7) is 4.74. The highest BCUT2D eigenvalue weighted by molar-refractivity contribution is 5.89. The van der Waals surface area contributed by atoms with Crippen molar-refractivity contribution in [1.82, 2.24) is 4.90 Å². The van der Waals surface area contributed by atoms with Gasteiger partial charge in [0.15, 0.2) is 5.43 Å². The third-order valence-corrected chi connectivity index (χ3v) is 5.46. The number of hydrogen-bond donors (Lipinski definition) is 3. The van der Waals surface area contributed by atoms with Crippen molar-refractivity contribution in [3.05, 3.63) is 45.5 Å². The topological polar surface area (TPSA) is 107 Å². The molecule has 7 heteroatoms. The Morgan fingerprint density at radius 3 is 2.50 bits per heavy atom. The number of aliphatic hydroxyl groups excluding tert-OH is 1. The van der Waals surface area contributed by atoms with Crippen molar-refractivity contribution in [2.75, 3.05) is 20.1 Å². The molecule has 0 amide bonds. The van der Waals surface area contributed by atoms with Gasteiger partial charge in [0.25, 0.3) is 0 Å². The summed E-state index contributed by atoms with van der Waals surface area (Å²) < 4.78 is 11.6. The number of piperidine rings is 1. The predicted molar refractivity (Wildman–Crippen MR) is 104 cm³/mol. The first kappa shape index (κ1) is 18.6. The van der Waals surface area contributed by atoms with E-state index in [1.54, 1.807) is 19.9 Å². The van der Waals surface area contributed by atoms with Crippen LogP contribution in [0.15, 0.2) is 31.8 Å². The van der Waals surface area contributed by atoms with Gasteiger partial charge in [0.1, 0.15) is 39.7 Å². The van der Waals surface area contributed by atoms with Gasteiger partial charge < -0.3 is 29.1 Å². The molecule has 7 nitrogen and oxygen atoms in total. The second kappa shape index (κ2) is 6.68. The van der Waals surface area contributed by atoms with Gasteiger partial charge in [-0.05, 0) is 39.9 Å². The van der Waals surface area contributed by atoms with Crippen molar-refractivity contribution < 1.29 is 24.2 Å². The molecule has 0 saturated carbocycles. The van der Waals surface area contributed by atoms with Crippen LogP contribution in [0.4, 0.5) is 0 Å². The average molecular weight is 385 g/mol.